The fourth-order valence-corrected chi connectivity index (χ4v) is 2.04. The molecule has 96 valence electrons. The summed E-state index contributed by atoms with van der Waals surface area (Å²) in [5.74, 6) is 1.43. The predicted octanol–water partition coefficient (Wildman–Crippen LogP) is 2.27. The van der Waals surface area contributed by atoms with E-state index in [-0.39, 0.29) is 0 Å². The van der Waals surface area contributed by atoms with Crippen LogP contribution in [0.1, 0.15) is 17.5 Å². The van der Waals surface area contributed by atoms with Gasteiger partial charge in [-0.3, -0.25) is 0 Å². The van der Waals surface area contributed by atoms with Gasteiger partial charge in [0.15, 0.2) is 16.5 Å². The quantitative estimate of drug-likeness (QED) is 0.898. The molecule has 0 spiro atoms. The van der Waals surface area contributed by atoms with Gasteiger partial charge >= 0.3 is 0 Å². The number of aryl methyl sites for hydroxylation is 1. The van der Waals surface area contributed by atoms with Crippen molar-refractivity contribution in [2.24, 2.45) is 0 Å². The molecule has 0 unspecified atom stereocenters. The van der Waals surface area contributed by atoms with E-state index >= 15 is 0 Å². The molecule has 0 fully saturated rings. The Hall–Kier alpha value is -1.82. The van der Waals surface area contributed by atoms with Gasteiger partial charge in [-0.25, -0.2) is 0 Å². The van der Waals surface area contributed by atoms with Crippen molar-refractivity contribution in [3.63, 3.8) is 0 Å². The average molecular weight is 265 g/mol. The van der Waals surface area contributed by atoms with E-state index in [1.165, 1.54) is 16.9 Å². The second kappa shape index (κ2) is 5.68. The summed E-state index contributed by atoms with van der Waals surface area (Å²) in [6.45, 7) is 2.44. The Morgan fingerprint density at radius 3 is 2.72 bits per heavy atom. The van der Waals surface area contributed by atoms with E-state index in [4.69, 9.17) is 15.2 Å². The van der Waals surface area contributed by atoms with E-state index in [1.807, 2.05) is 18.2 Å². The van der Waals surface area contributed by atoms with Crippen LogP contribution in [0.3, 0.4) is 0 Å². The largest absolute Gasteiger partial charge is 0.493 e. The first-order chi connectivity index (χ1) is 8.72. The van der Waals surface area contributed by atoms with E-state index < -0.39 is 0 Å². The van der Waals surface area contributed by atoms with Gasteiger partial charge in [-0.05, 0) is 24.1 Å². The third-order valence-electron chi connectivity index (χ3n) is 2.47. The van der Waals surface area contributed by atoms with Crippen molar-refractivity contribution in [1.82, 2.24) is 10.2 Å². The molecule has 6 heteroatoms. The molecule has 0 aliphatic carbocycles. The van der Waals surface area contributed by atoms with Crippen molar-refractivity contribution in [2.45, 2.75) is 20.0 Å². The van der Waals surface area contributed by atoms with Gasteiger partial charge in [-0.1, -0.05) is 24.3 Å². The van der Waals surface area contributed by atoms with Gasteiger partial charge in [-0.15, -0.1) is 10.2 Å². The van der Waals surface area contributed by atoms with Crippen molar-refractivity contribution in [3.05, 3.63) is 28.8 Å². The molecule has 0 saturated carbocycles. The van der Waals surface area contributed by atoms with E-state index in [0.717, 1.165) is 17.2 Å². The predicted molar refractivity (Wildman–Crippen MR) is 71.0 cm³/mol. The van der Waals surface area contributed by atoms with Crippen LogP contribution in [0.4, 0.5) is 5.13 Å². The lowest BCUT2D eigenvalue weighted by Gasteiger charge is -2.10. The number of nitrogens with two attached hydrogens (primary N) is 1. The summed E-state index contributed by atoms with van der Waals surface area (Å²) in [4.78, 5) is 0. The van der Waals surface area contributed by atoms with Gasteiger partial charge in [0, 0.05) is 0 Å². The van der Waals surface area contributed by atoms with Crippen LogP contribution >= 0.6 is 11.3 Å². The molecule has 1 heterocycles. The van der Waals surface area contributed by atoms with Crippen molar-refractivity contribution < 1.29 is 9.47 Å². The zero-order valence-corrected chi connectivity index (χ0v) is 11.2. The minimum Gasteiger partial charge on any atom is -0.493 e. The molecule has 0 saturated heterocycles. The fourth-order valence-electron chi connectivity index (χ4n) is 1.52. The summed E-state index contributed by atoms with van der Waals surface area (Å²) < 4.78 is 11.0. The smallest absolute Gasteiger partial charge is 0.203 e. The van der Waals surface area contributed by atoms with E-state index in [1.54, 1.807) is 7.11 Å². The van der Waals surface area contributed by atoms with Crippen molar-refractivity contribution in [3.8, 4) is 11.5 Å². The number of benzene rings is 1. The Labute approximate surface area is 110 Å². The Morgan fingerprint density at radius 2 is 2.11 bits per heavy atom. The molecule has 1 aromatic carbocycles. The minimum atomic E-state index is 0.344. The number of methoxy groups -OCH3 is 1. The van der Waals surface area contributed by atoms with Crippen LogP contribution in [0.5, 0.6) is 11.5 Å². The lowest BCUT2D eigenvalue weighted by atomic mass is 10.1. The maximum absolute atomic E-state index is 5.65. The molecule has 2 aromatic rings. The lowest BCUT2D eigenvalue weighted by Crippen LogP contribution is -1.98. The number of anilines is 1. The highest BCUT2D eigenvalue weighted by atomic mass is 32.1. The Kier molecular flexibility index (Phi) is 3.99. The fraction of sp³-hybridized carbons (Fsp3) is 0.333. The third kappa shape index (κ3) is 2.89. The molecule has 0 radical (unpaired) electrons. The molecule has 2 N–H and O–H groups in total. The standard InChI is InChI=1S/C12H15N3O2S/c1-3-8-4-5-9(10(6-8)16-2)17-7-11-14-15-12(13)18-11/h4-6H,3,7H2,1-2H3,(H2,13,15). The van der Waals surface area contributed by atoms with Crippen LogP contribution in [0.15, 0.2) is 18.2 Å². The van der Waals surface area contributed by atoms with Gasteiger partial charge < -0.3 is 15.2 Å². The minimum absolute atomic E-state index is 0.344. The van der Waals surface area contributed by atoms with Crippen LogP contribution in [-0.2, 0) is 13.0 Å². The highest BCUT2D eigenvalue weighted by Gasteiger charge is 2.07. The average Bonchev–Trinajstić information content (AvgIpc) is 2.82. The first kappa shape index (κ1) is 12.6. The van der Waals surface area contributed by atoms with E-state index in [0.29, 0.717) is 17.5 Å². The number of rotatable bonds is 5. The van der Waals surface area contributed by atoms with Crippen LogP contribution in [0.2, 0.25) is 0 Å². The topological polar surface area (TPSA) is 70.3 Å². The van der Waals surface area contributed by atoms with E-state index in [9.17, 15) is 0 Å². The molecular weight excluding hydrogens is 250 g/mol. The normalized spacial score (nSPS) is 10.3. The molecule has 0 bridgehead atoms. The molecule has 5 nitrogen and oxygen atoms in total. The summed E-state index contributed by atoms with van der Waals surface area (Å²) in [5.41, 5.74) is 6.71. The molecule has 2 rings (SSSR count). The number of ether oxygens (including phenoxy) is 2. The number of nitrogens with zero attached hydrogens (tertiary/aromatic N) is 2. The Bertz CT molecular complexity index is 528. The SMILES string of the molecule is CCc1ccc(OCc2nnc(N)s2)c(OC)c1. The molecule has 18 heavy (non-hydrogen) atoms. The molecule has 1 aromatic heterocycles. The second-order valence-electron chi connectivity index (χ2n) is 3.66. The van der Waals surface area contributed by atoms with Crippen LogP contribution in [0.25, 0.3) is 0 Å². The maximum Gasteiger partial charge on any atom is 0.203 e. The van der Waals surface area contributed by atoms with E-state index in [2.05, 4.69) is 17.1 Å². The monoisotopic (exact) mass is 265 g/mol. The third-order valence-corrected chi connectivity index (χ3v) is 3.20. The van der Waals surface area contributed by atoms with Crippen molar-refractivity contribution >= 4 is 16.5 Å². The van der Waals surface area contributed by atoms with Gasteiger partial charge in [0.25, 0.3) is 0 Å². The Balaban J connectivity index is 2.08. The number of hydrogen-bond donors (Lipinski definition) is 1. The molecule has 0 aliphatic rings. The van der Waals surface area contributed by atoms with Crippen molar-refractivity contribution in [1.29, 1.82) is 0 Å². The first-order valence-corrected chi connectivity index (χ1v) is 6.42. The molecule has 0 amide bonds. The van der Waals surface area contributed by atoms with Crippen molar-refractivity contribution in [2.75, 3.05) is 12.8 Å². The summed E-state index contributed by atoms with van der Waals surface area (Å²) >= 11 is 1.32. The summed E-state index contributed by atoms with van der Waals surface area (Å²) in [5, 5.41) is 8.82. The number of aromatic nitrogens is 2. The molecule has 0 atom stereocenters. The number of nitrogen functional groups attached to an aromatic ring is 1. The second-order valence-corrected chi connectivity index (χ2v) is 4.76. The summed E-state index contributed by atoms with van der Waals surface area (Å²) in [6.07, 6.45) is 0.962. The highest BCUT2D eigenvalue weighted by molar-refractivity contribution is 7.15. The van der Waals surface area contributed by atoms with Crippen LogP contribution in [-0.4, -0.2) is 17.3 Å². The Morgan fingerprint density at radius 1 is 1.28 bits per heavy atom. The molecular formula is C12H15N3O2S. The first-order valence-electron chi connectivity index (χ1n) is 5.60. The van der Waals surface area contributed by atoms with Gasteiger partial charge in [0.1, 0.15) is 6.61 Å². The highest BCUT2D eigenvalue weighted by Crippen LogP contribution is 2.29. The van der Waals surface area contributed by atoms with Crippen LogP contribution < -0.4 is 15.2 Å². The van der Waals surface area contributed by atoms with Gasteiger partial charge in [-0.2, -0.15) is 0 Å². The molecule has 0 aliphatic heterocycles. The zero-order valence-electron chi connectivity index (χ0n) is 10.3. The summed E-state index contributed by atoms with van der Waals surface area (Å²) in [7, 11) is 1.63. The zero-order chi connectivity index (χ0) is 13.0. The summed E-state index contributed by atoms with van der Waals surface area (Å²) in [6, 6.07) is 5.90. The maximum atomic E-state index is 5.65. The van der Waals surface area contributed by atoms with Crippen LogP contribution in [0, 0.1) is 0 Å². The number of hydrogen-bond acceptors (Lipinski definition) is 6. The van der Waals surface area contributed by atoms with Gasteiger partial charge in [0.05, 0.1) is 7.11 Å². The lowest BCUT2D eigenvalue weighted by molar-refractivity contribution is 0.283. The van der Waals surface area contributed by atoms with Gasteiger partial charge in [0.2, 0.25) is 5.13 Å².